The van der Waals surface area contributed by atoms with E-state index >= 15 is 0 Å². The summed E-state index contributed by atoms with van der Waals surface area (Å²) in [5, 5.41) is 10.5. The number of para-hydroxylation sites is 1. The van der Waals surface area contributed by atoms with Crippen molar-refractivity contribution in [3.8, 4) is 5.75 Å². The van der Waals surface area contributed by atoms with E-state index in [4.69, 9.17) is 4.42 Å². The second-order valence-electron chi connectivity index (χ2n) is 6.08. The van der Waals surface area contributed by atoms with Crippen molar-refractivity contribution >= 4 is 16.7 Å². The minimum atomic E-state index is -0.391. The van der Waals surface area contributed by atoms with Gasteiger partial charge < -0.3 is 14.4 Å². The fourth-order valence-corrected chi connectivity index (χ4v) is 3.40. The number of rotatable bonds is 2. The Balaban J connectivity index is 1.80. The Morgan fingerprint density at radius 1 is 1.22 bits per heavy atom. The monoisotopic (exact) mass is 307 g/mol. The Hall–Kier alpha value is -2.75. The number of benzene rings is 2. The lowest BCUT2D eigenvalue weighted by Crippen LogP contribution is -2.29. The van der Waals surface area contributed by atoms with E-state index in [1.165, 1.54) is 17.3 Å². The number of phenols is 1. The lowest BCUT2D eigenvalue weighted by Gasteiger charge is -2.25. The molecule has 2 aromatic carbocycles. The summed E-state index contributed by atoms with van der Waals surface area (Å²) in [4.78, 5) is 14.2. The van der Waals surface area contributed by atoms with Crippen LogP contribution in [0.3, 0.4) is 0 Å². The van der Waals surface area contributed by atoms with E-state index in [-0.39, 0.29) is 5.75 Å². The number of hydrogen-bond acceptors (Lipinski definition) is 4. The molecule has 0 amide bonds. The van der Waals surface area contributed by atoms with Crippen LogP contribution in [0.4, 0.5) is 5.69 Å². The summed E-state index contributed by atoms with van der Waals surface area (Å²) in [5.41, 5.74) is 3.51. The topological polar surface area (TPSA) is 53.7 Å². The van der Waals surface area contributed by atoms with E-state index < -0.39 is 5.63 Å². The first kappa shape index (κ1) is 13.9. The molecule has 0 fully saturated rings. The molecule has 0 radical (unpaired) electrons. The lowest BCUT2D eigenvalue weighted by atomic mass is 10.1. The third kappa shape index (κ3) is 2.36. The van der Waals surface area contributed by atoms with Crippen LogP contribution >= 0.6 is 0 Å². The van der Waals surface area contributed by atoms with Crippen LogP contribution in [-0.2, 0) is 13.0 Å². The summed E-state index contributed by atoms with van der Waals surface area (Å²) < 4.78 is 5.21. The molecule has 1 atom stereocenters. The number of fused-ring (bicyclic) bond motifs is 2. The highest BCUT2D eigenvalue weighted by Crippen LogP contribution is 2.34. The van der Waals surface area contributed by atoms with Crippen molar-refractivity contribution in [1.82, 2.24) is 0 Å². The highest BCUT2D eigenvalue weighted by Gasteiger charge is 2.26. The fraction of sp³-hybridized carbons (Fsp3) is 0.211. The zero-order valence-electron chi connectivity index (χ0n) is 12.8. The van der Waals surface area contributed by atoms with Crippen LogP contribution in [0.15, 0.2) is 57.7 Å². The van der Waals surface area contributed by atoms with Gasteiger partial charge in [-0.1, -0.05) is 18.2 Å². The molecular weight excluding hydrogens is 290 g/mol. The third-order valence-corrected chi connectivity index (χ3v) is 4.50. The summed E-state index contributed by atoms with van der Waals surface area (Å²) >= 11 is 0. The smallest absolute Gasteiger partial charge is 0.336 e. The van der Waals surface area contributed by atoms with Crippen LogP contribution in [0.1, 0.15) is 18.1 Å². The van der Waals surface area contributed by atoms with Gasteiger partial charge in [-0.15, -0.1) is 0 Å². The van der Waals surface area contributed by atoms with Crippen LogP contribution in [0.2, 0.25) is 0 Å². The van der Waals surface area contributed by atoms with E-state index in [2.05, 4.69) is 30.0 Å². The second kappa shape index (κ2) is 5.16. The number of phenolic OH excluding ortho intramolecular Hbond substituents is 1. The Morgan fingerprint density at radius 3 is 2.91 bits per heavy atom. The molecule has 4 rings (SSSR count). The predicted molar refractivity (Wildman–Crippen MR) is 89.9 cm³/mol. The van der Waals surface area contributed by atoms with Gasteiger partial charge in [-0.3, -0.25) is 0 Å². The molecule has 0 spiro atoms. The molecule has 0 saturated carbocycles. The number of aromatic hydroxyl groups is 1. The van der Waals surface area contributed by atoms with Gasteiger partial charge in [-0.2, -0.15) is 0 Å². The first-order chi connectivity index (χ1) is 11.1. The average molecular weight is 307 g/mol. The number of anilines is 1. The van der Waals surface area contributed by atoms with Crippen molar-refractivity contribution in [1.29, 1.82) is 0 Å². The van der Waals surface area contributed by atoms with Crippen LogP contribution in [0.5, 0.6) is 5.75 Å². The van der Waals surface area contributed by atoms with E-state index in [0.717, 1.165) is 17.4 Å². The van der Waals surface area contributed by atoms with E-state index in [1.807, 2.05) is 6.07 Å². The molecule has 1 aromatic heterocycles. The standard InChI is InChI=1S/C19H17NO3/c1-12-8-13-4-2-3-5-17(13)20(12)11-14-9-19(22)23-18-10-15(21)6-7-16(14)18/h2-7,9-10,12,21H,8,11H2,1H3/t12-/m0/s1. The normalized spacial score (nSPS) is 16.7. The highest BCUT2D eigenvalue weighted by atomic mass is 16.4. The van der Waals surface area contributed by atoms with Crippen molar-refractivity contribution < 1.29 is 9.52 Å². The van der Waals surface area contributed by atoms with Gasteiger partial charge >= 0.3 is 5.63 Å². The van der Waals surface area contributed by atoms with Crippen molar-refractivity contribution in [2.75, 3.05) is 4.90 Å². The Bertz CT molecular complexity index is 945. The van der Waals surface area contributed by atoms with Gasteiger partial charge in [0.1, 0.15) is 11.3 Å². The van der Waals surface area contributed by atoms with Crippen LogP contribution < -0.4 is 10.5 Å². The van der Waals surface area contributed by atoms with E-state index in [1.54, 1.807) is 18.2 Å². The van der Waals surface area contributed by atoms with Gasteiger partial charge in [0.2, 0.25) is 0 Å². The molecule has 4 nitrogen and oxygen atoms in total. The molecule has 1 aliphatic heterocycles. The van der Waals surface area contributed by atoms with Crippen LogP contribution in [0.25, 0.3) is 11.0 Å². The SMILES string of the molecule is C[C@H]1Cc2ccccc2N1Cc1cc(=O)oc2cc(O)ccc12. The molecule has 1 N–H and O–H groups in total. The Kier molecular flexibility index (Phi) is 3.11. The molecule has 0 aliphatic carbocycles. The van der Waals surface area contributed by atoms with Crippen molar-refractivity contribution in [2.24, 2.45) is 0 Å². The van der Waals surface area contributed by atoms with Gasteiger partial charge in [0.15, 0.2) is 0 Å². The molecule has 0 bridgehead atoms. The van der Waals surface area contributed by atoms with Gasteiger partial charge in [-0.05, 0) is 42.7 Å². The average Bonchev–Trinajstić information content (AvgIpc) is 2.83. The minimum absolute atomic E-state index is 0.0951. The zero-order chi connectivity index (χ0) is 16.0. The fourth-order valence-electron chi connectivity index (χ4n) is 3.40. The Morgan fingerprint density at radius 2 is 2.04 bits per heavy atom. The van der Waals surface area contributed by atoms with E-state index in [9.17, 15) is 9.90 Å². The second-order valence-corrected chi connectivity index (χ2v) is 6.08. The van der Waals surface area contributed by atoms with Gasteiger partial charge in [0, 0.05) is 35.8 Å². The summed E-state index contributed by atoms with van der Waals surface area (Å²) in [6.45, 7) is 2.84. The first-order valence-electron chi connectivity index (χ1n) is 7.72. The van der Waals surface area contributed by atoms with Crippen LogP contribution in [0, 0.1) is 0 Å². The van der Waals surface area contributed by atoms with Crippen molar-refractivity contribution in [3.05, 3.63) is 70.1 Å². The zero-order valence-corrected chi connectivity index (χ0v) is 12.8. The van der Waals surface area contributed by atoms with Gasteiger partial charge in [0.05, 0.1) is 0 Å². The molecule has 23 heavy (non-hydrogen) atoms. The van der Waals surface area contributed by atoms with Gasteiger partial charge in [0.25, 0.3) is 0 Å². The molecule has 4 heteroatoms. The summed E-state index contributed by atoms with van der Waals surface area (Å²) in [7, 11) is 0. The molecule has 116 valence electrons. The molecule has 1 aliphatic rings. The molecule has 3 aromatic rings. The molecular formula is C19H17NO3. The maximum atomic E-state index is 11.8. The predicted octanol–water partition coefficient (Wildman–Crippen LogP) is 3.45. The minimum Gasteiger partial charge on any atom is -0.508 e. The lowest BCUT2D eigenvalue weighted by molar-refractivity contribution is 0.473. The summed E-state index contributed by atoms with van der Waals surface area (Å²) in [6, 6.07) is 15.2. The van der Waals surface area contributed by atoms with Crippen LogP contribution in [-0.4, -0.2) is 11.1 Å². The maximum absolute atomic E-state index is 11.8. The Labute approximate surface area is 133 Å². The summed E-state index contributed by atoms with van der Waals surface area (Å²) in [6.07, 6.45) is 1.01. The molecule has 0 unspecified atom stereocenters. The third-order valence-electron chi connectivity index (χ3n) is 4.50. The van der Waals surface area contributed by atoms with Crippen molar-refractivity contribution in [3.63, 3.8) is 0 Å². The van der Waals surface area contributed by atoms with Gasteiger partial charge in [-0.25, -0.2) is 4.79 Å². The van der Waals surface area contributed by atoms with Crippen molar-refractivity contribution in [2.45, 2.75) is 25.9 Å². The molecule has 0 saturated heterocycles. The van der Waals surface area contributed by atoms with E-state index in [0.29, 0.717) is 18.2 Å². The summed E-state index contributed by atoms with van der Waals surface area (Å²) in [5.74, 6) is 0.0951. The molecule has 2 heterocycles. The number of hydrogen-bond donors (Lipinski definition) is 1. The largest absolute Gasteiger partial charge is 0.508 e. The first-order valence-corrected chi connectivity index (χ1v) is 7.72. The maximum Gasteiger partial charge on any atom is 0.336 e. The highest BCUT2D eigenvalue weighted by molar-refractivity contribution is 5.82. The number of nitrogens with zero attached hydrogens (tertiary/aromatic N) is 1. The quantitative estimate of drug-likeness (QED) is 0.737.